The van der Waals surface area contributed by atoms with Crippen LogP contribution in [0.4, 0.5) is 0 Å². The summed E-state index contributed by atoms with van der Waals surface area (Å²) in [7, 11) is 0. The van der Waals surface area contributed by atoms with E-state index in [0.717, 1.165) is 5.56 Å². The second-order valence-electron chi connectivity index (χ2n) is 5.26. The van der Waals surface area contributed by atoms with Crippen molar-refractivity contribution in [3.63, 3.8) is 0 Å². The lowest BCUT2D eigenvalue weighted by Crippen LogP contribution is -2.48. The lowest BCUT2D eigenvalue weighted by atomic mass is 9.91. The maximum atomic E-state index is 12.1. The highest BCUT2D eigenvalue weighted by molar-refractivity contribution is 6.30. The van der Waals surface area contributed by atoms with Gasteiger partial charge in [-0.3, -0.25) is 9.59 Å². The maximum absolute atomic E-state index is 12.1. The second kappa shape index (κ2) is 7.84. The van der Waals surface area contributed by atoms with E-state index in [9.17, 15) is 9.59 Å². The third-order valence-electron chi connectivity index (χ3n) is 3.15. The Balaban J connectivity index is 2.46. The number of carbonyl (C=O) groups is 2. The largest absolute Gasteiger partial charge is 0.355 e. The van der Waals surface area contributed by atoms with Gasteiger partial charge in [0.15, 0.2) is 0 Å². The number of rotatable bonds is 7. The zero-order chi connectivity index (χ0) is 15.9. The van der Waals surface area contributed by atoms with Gasteiger partial charge >= 0.3 is 0 Å². The molecule has 0 atom stereocenters. The molecule has 0 spiro atoms. The summed E-state index contributed by atoms with van der Waals surface area (Å²) in [5.41, 5.74) is -0.0307. The van der Waals surface area contributed by atoms with Crippen molar-refractivity contribution < 1.29 is 9.59 Å². The quantitative estimate of drug-likeness (QED) is 0.600. The Kier molecular flexibility index (Phi) is 6.43. The van der Waals surface area contributed by atoms with Gasteiger partial charge in [0.2, 0.25) is 11.8 Å². The number of nitrogens with one attached hydrogen (secondary N) is 2. The summed E-state index contributed by atoms with van der Waals surface area (Å²) in [6.45, 7) is 7.54. The predicted octanol–water partition coefficient (Wildman–Crippen LogP) is 2.33. The molecule has 0 aliphatic carbocycles. The highest BCUT2D eigenvalue weighted by Crippen LogP contribution is 2.15. The van der Waals surface area contributed by atoms with E-state index in [2.05, 4.69) is 17.2 Å². The van der Waals surface area contributed by atoms with Gasteiger partial charge in [0.25, 0.3) is 0 Å². The molecule has 0 bridgehead atoms. The van der Waals surface area contributed by atoms with E-state index in [1.54, 1.807) is 19.9 Å². The Morgan fingerprint density at radius 3 is 2.33 bits per heavy atom. The van der Waals surface area contributed by atoms with Crippen LogP contribution in [0.3, 0.4) is 0 Å². The molecule has 1 aromatic carbocycles. The van der Waals surface area contributed by atoms with Crippen molar-refractivity contribution in [2.45, 2.75) is 20.3 Å². The van der Waals surface area contributed by atoms with Crippen molar-refractivity contribution in [2.24, 2.45) is 5.41 Å². The minimum Gasteiger partial charge on any atom is -0.355 e. The van der Waals surface area contributed by atoms with Crippen LogP contribution in [0.1, 0.15) is 19.4 Å². The SMILES string of the molecule is C=CCNC(=O)C(C)(C)C(=O)NCCc1ccc(Cl)cc1. The van der Waals surface area contributed by atoms with Crippen LogP contribution in [0.5, 0.6) is 0 Å². The first-order valence-electron chi connectivity index (χ1n) is 6.80. The van der Waals surface area contributed by atoms with Gasteiger partial charge in [0.1, 0.15) is 5.41 Å². The lowest BCUT2D eigenvalue weighted by Gasteiger charge is -2.22. The average molecular weight is 309 g/mol. The van der Waals surface area contributed by atoms with Gasteiger partial charge in [-0.2, -0.15) is 0 Å². The van der Waals surface area contributed by atoms with Crippen molar-refractivity contribution in [1.29, 1.82) is 0 Å². The fraction of sp³-hybridized carbons (Fsp3) is 0.375. The van der Waals surface area contributed by atoms with Crippen LogP contribution >= 0.6 is 11.6 Å². The van der Waals surface area contributed by atoms with Crippen molar-refractivity contribution in [3.05, 3.63) is 47.5 Å². The van der Waals surface area contributed by atoms with E-state index in [-0.39, 0.29) is 11.8 Å². The van der Waals surface area contributed by atoms with Gasteiger partial charge in [-0.25, -0.2) is 0 Å². The number of carbonyl (C=O) groups excluding carboxylic acids is 2. The van der Waals surface area contributed by atoms with Crippen molar-refractivity contribution in [3.8, 4) is 0 Å². The molecule has 5 heteroatoms. The fourth-order valence-electron chi connectivity index (χ4n) is 1.68. The molecule has 2 amide bonds. The first-order valence-corrected chi connectivity index (χ1v) is 7.17. The normalized spacial score (nSPS) is 10.8. The van der Waals surface area contributed by atoms with Gasteiger partial charge in [-0.1, -0.05) is 29.8 Å². The van der Waals surface area contributed by atoms with Crippen LogP contribution in [0, 0.1) is 5.41 Å². The van der Waals surface area contributed by atoms with E-state index in [1.165, 1.54) is 0 Å². The van der Waals surface area contributed by atoms with E-state index in [4.69, 9.17) is 11.6 Å². The van der Waals surface area contributed by atoms with Crippen molar-refractivity contribution >= 4 is 23.4 Å². The number of benzene rings is 1. The van der Waals surface area contributed by atoms with E-state index < -0.39 is 5.41 Å². The van der Waals surface area contributed by atoms with Crippen molar-refractivity contribution in [1.82, 2.24) is 10.6 Å². The van der Waals surface area contributed by atoms with Crippen LogP contribution in [0.25, 0.3) is 0 Å². The molecular formula is C16H21ClN2O2. The Hall–Kier alpha value is -1.81. The minimum atomic E-state index is -1.11. The summed E-state index contributed by atoms with van der Waals surface area (Å²) in [6, 6.07) is 7.45. The predicted molar refractivity (Wildman–Crippen MR) is 85.2 cm³/mol. The standard InChI is InChI=1S/C16H21ClN2O2/c1-4-10-18-14(20)16(2,3)15(21)19-11-9-12-5-7-13(17)8-6-12/h4-8H,1,9-11H2,2-3H3,(H,18,20)(H,19,21). The molecule has 114 valence electrons. The molecule has 4 nitrogen and oxygen atoms in total. The zero-order valence-electron chi connectivity index (χ0n) is 12.4. The molecule has 0 saturated carbocycles. The first kappa shape index (κ1) is 17.2. The van der Waals surface area contributed by atoms with Crippen LogP contribution in [-0.2, 0) is 16.0 Å². The summed E-state index contributed by atoms with van der Waals surface area (Å²) in [5, 5.41) is 6.10. The molecule has 0 radical (unpaired) electrons. The third-order valence-corrected chi connectivity index (χ3v) is 3.41. The molecule has 0 saturated heterocycles. The number of hydrogen-bond donors (Lipinski definition) is 2. The molecule has 0 heterocycles. The molecule has 0 unspecified atom stereocenters. The molecular weight excluding hydrogens is 288 g/mol. The summed E-state index contributed by atoms with van der Waals surface area (Å²) in [4.78, 5) is 24.0. The van der Waals surface area contributed by atoms with E-state index in [1.807, 2.05) is 24.3 Å². The molecule has 1 aromatic rings. The summed E-state index contributed by atoms with van der Waals surface area (Å²) in [6.07, 6.45) is 2.26. The molecule has 0 aliphatic rings. The first-order chi connectivity index (χ1) is 9.87. The van der Waals surface area contributed by atoms with E-state index in [0.29, 0.717) is 24.5 Å². The summed E-state index contributed by atoms with van der Waals surface area (Å²) in [5.74, 6) is -0.607. The summed E-state index contributed by atoms with van der Waals surface area (Å²) < 4.78 is 0. The monoisotopic (exact) mass is 308 g/mol. The smallest absolute Gasteiger partial charge is 0.235 e. The molecule has 0 aliphatic heterocycles. The summed E-state index contributed by atoms with van der Waals surface area (Å²) >= 11 is 5.81. The maximum Gasteiger partial charge on any atom is 0.235 e. The molecule has 2 N–H and O–H groups in total. The van der Waals surface area contributed by atoms with Crippen molar-refractivity contribution in [2.75, 3.05) is 13.1 Å². The highest BCUT2D eigenvalue weighted by atomic mass is 35.5. The molecule has 0 aromatic heterocycles. The molecule has 1 rings (SSSR count). The Labute approximate surface area is 130 Å². The minimum absolute atomic E-state index is 0.293. The van der Waals surface area contributed by atoms with E-state index >= 15 is 0 Å². The van der Waals surface area contributed by atoms with Crippen LogP contribution in [0.2, 0.25) is 5.02 Å². The van der Waals surface area contributed by atoms with Gasteiger partial charge in [-0.05, 0) is 38.0 Å². The highest BCUT2D eigenvalue weighted by Gasteiger charge is 2.35. The van der Waals surface area contributed by atoms with Crippen LogP contribution < -0.4 is 10.6 Å². The van der Waals surface area contributed by atoms with Crippen LogP contribution in [0.15, 0.2) is 36.9 Å². The Bertz CT molecular complexity index is 510. The zero-order valence-corrected chi connectivity index (χ0v) is 13.2. The average Bonchev–Trinajstić information content (AvgIpc) is 2.46. The number of hydrogen-bond acceptors (Lipinski definition) is 2. The molecule has 21 heavy (non-hydrogen) atoms. The fourth-order valence-corrected chi connectivity index (χ4v) is 1.81. The number of amides is 2. The van der Waals surface area contributed by atoms with Crippen LogP contribution in [-0.4, -0.2) is 24.9 Å². The molecule has 0 fully saturated rings. The Morgan fingerprint density at radius 2 is 1.76 bits per heavy atom. The second-order valence-corrected chi connectivity index (χ2v) is 5.69. The van der Waals surface area contributed by atoms with Gasteiger partial charge in [-0.15, -0.1) is 6.58 Å². The topological polar surface area (TPSA) is 58.2 Å². The van der Waals surface area contributed by atoms with Gasteiger partial charge in [0.05, 0.1) is 0 Å². The Morgan fingerprint density at radius 1 is 1.19 bits per heavy atom. The van der Waals surface area contributed by atoms with Gasteiger partial charge in [0, 0.05) is 18.1 Å². The van der Waals surface area contributed by atoms with Gasteiger partial charge < -0.3 is 10.6 Å². The third kappa shape index (κ3) is 5.23. The lowest BCUT2D eigenvalue weighted by molar-refractivity contribution is -0.141. The number of halogens is 1.